The smallest absolute Gasteiger partial charge is 0.462 e. The lowest BCUT2D eigenvalue weighted by Crippen LogP contribution is -2.37. The van der Waals surface area contributed by atoms with Gasteiger partial charge in [0.1, 0.15) is 25.5 Å². The number of phosphoric acid groups is 1. The van der Waals surface area contributed by atoms with E-state index in [0.29, 0.717) is 36.7 Å². The number of rotatable bonds is 37. The number of hydrogen-bond acceptors (Lipinski definition) is 10. The van der Waals surface area contributed by atoms with Crippen LogP contribution in [0.25, 0.3) is 0 Å². The highest BCUT2D eigenvalue weighted by Gasteiger charge is 2.39. The predicted octanol–water partition coefficient (Wildman–Crippen LogP) is 9.50. The van der Waals surface area contributed by atoms with Crippen molar-refractivity contribution in [3.05, 3.63) is 36.5 Å². The zero-order valence-corrected chi connectivity index (χ0v) is 38.3. The van der Waals surface area contributed by atoms with E-state index in [1.165, 1.54) is 19.3 Å². The normalized spacial score (nSPS) is 19.5. The van der Waals surface area contributed by atoms with Crippen LogP contribution in [-0.4, -0.2) is 103 Å². The summed E-state index contributed by atoms with van der Waals surface area (Å²) in [6.45, 7) is 4.00. The first-order chi connectivity index (χ1) is 28.2. The number of hydrogen-bond donors (Lipinski definition) is 3. The highest BCUT2D eigenvalue weighted by molar-refractivity contribution is 7.47. The molecule has 0 saturated heterocycles. The highest BCUT2D eigenvalue weighted by atomic mass is 31.2. The Morgan fingerprint density at radius 1 is 0.797 bits per heavy atom. The van der Waals surface area contributed by atoms with Gasteiger partial charge in [-0.2, -0.15) is 0 Å². The van der Waals surface area contributed by atoms with Crippen molar-refractivity contribution in [3.63, 3.8) is 0 Å². The number of aliphatic hydroxyl groups is 2. The topological polar surface area (TPSA) is 166 Å². The van der Waals surface area contributed by atoms with Gasteiger partial charge in [-0.05, 0) is 63.7 Å². The van der Waals surface area contributed by atoms with E-state index in [2.05, 4.69) is 38.2 Å². The Morgan fingerprint density at radius 3 is 2.05 bits per heavy atom. The summed E-state index contributed by atoms with van der Waals surface area (Å²) in [6, 6.07) is 0. The number of nitrogens with zero attached hydrogens (tertiary/aromatic N) is 1. The Bertz CT molecular complexity index is 1260. The summed E-state index contributed by atoms with van der Waals surface area (Å²) in [5.41, 5.74) is 0. The van der Waals surface area contributed by atoms with E-state index in [0.717, 1.165) is 83.5 Å². The maximum atomic E-state index is 12.7. The molecule has 342 valence electrons. The van der Waals surface area contributed by atoms with Crippen molar-refractivity contribution in [2.45, 2.75) is 180 Å². The minimum atomic E-state index is -4.44. The molecule has 1 aliphatic rings. The van der Waals surface area contributed by atoms with Gasteiger partial charge in [-0.15, -0.1) is 0 Å². The second kappa shape index (κ2) is 33.4. The van der Waals surface area contributed by atoms with Crippen molar-refractivity contribution in [1.29, 1.82) is 0 Å². The van der Waals surface area contributed by atoms with Crippen LogP contribution in [0.3, 0.4) is 0 Å². The molecule has 13 heteroatoms. The number of likely N-dealkylation sites (N-methyl/N-ethyl adjacent to an activating group) is 1. The van der Waals surface area contributed by atoms with Crippen molar-refractivity contribution in [3.8, 4) is 0 Å². The molecule has 1 aliphatic carbocycles. The molecule has 1 unspecified atom stereocenters. The largest absolute Gasteiger partial charge is 0.472 e. The molecule has 59 heavy (non-hydrogen) atoms. The van der Waals surface area contributed by atoms with Gasteiger partial charge in [0.15, 0.2) is 6.10 Å². The van der Waals surface area contributed by atoms with Crippen LogP contribution in [0.2, 0.25) is 0 Å². The molecule has 12 nitrogen and oxygen atoms in total. The van der Waals surface area contributed by atoms with Gasteiger partial charge in [-0.3, -0.25) is 23.4 Å². The average Bonchev–Trinajstić information content (AvgIpc) is 3.44. The predicted molar refractivity (Wildman–Crippen MR) is 234 cm³/mol. The van der Waals surface area contributed by atoms with Crippen molar-refractivity contribution in [2.75, 3.05) is 47.5 Å². The number of allylic oxidation sites excluding steroid dienone is 5. The first-order valence-electron chi connectivity index (χ1n) is 22.8. The molecule has 0 aliphatic heterocycles. The van der Waals surface area contributed by atoms with Gasteiger partial charge in [0.25, 0.3) is 0 Å². The number of esters is 2. The van der Waals surface area contributed by atoms with Crippen LogP contribution in [0.15, 0.2) is 36.5 Å². The number of carbonyl (C=O) groups is 3. The quantitative estimate of drug-likeness (QED) is 0.0179. The molecule has 1 rings (SSSR count). The van der Waals surface area contributed by atoms with Gasteiger partial charge in [0, 0.05) is 25.2 Å². The Labute approximate surface area is 357 Å². The number of carbonyl (C=O) groups excluding carboxylic acids is 3. The van der Waals surface area contributed by atoms with Crippen LogP contribution in [0.4, 0.5) is 0 Å². The summed E-state index contributed by atoms with van der Waals surface area (Å²) < 4.78 is 34.3. The number of ether oxygens (including phenoxy) is 2. The van der Waals surface area contributed by atoms with Gasteiger partial charge in [0.2, 0.25) is 0 Å². The Hall–Kier alpha value is -2.18. The molecular formula is C46H83NO11P+. The van der Waals surface area contributed by atoms with Crippen LogP contribution in [0.5, 0.6) is 0 Å². The summed E-state index contributed by atoms with van der Waals surface area (Å²) in [5, 5.41) is 20.8. The van der Waals surface area contributed by atoms with Crippen LogP contribution in [0, 0.1) is 11.8 Å². The SMILES string of the molecule is CCCCC/C=C\C/C=C\CCCCCCCC(=O)O[C@H](COC(=O)CCCCCC[C@H]1[C@@H](O)CC(=O)[C@@H]1/C=C/[C@@H](O)CCCCC)COP(=O)(O)OCC[N+](C)(C)C. The third-order valence-electron chi connectivity index (χ3n) is 10.5. The van der Waals surface area contributed by atoms with Crippen LogP contribution in [0.1, 0.15) is 162 Å². The van der Waals surface area contributed by atoms with E-state index >= 15 is 0 Å². The summed E-state index contributed by atoms with van der Waals surface area (Å²) >= 11 is 0. The first-order valence-corrected chi connectivity index (χ1v) is 24.3. The number of unbranched alkanes of at least 4 members (excludes halogenated alkanes) is 13. The van der Waals surface area contributed by atoms with Crippen molar-refractivity contribution >= 4 is 25.5 Å². The molecule has 0 spiro atoms. The minimum absolute atomic E-state index is 0.00681. The van der Waals surface area contributed by atoms with Gasteiger partial charge in [0.05, 0.1) is 40.0 Å². The standard InChI is InChI=1S/C46H82NO11P/c1-6-8-10-11-12-13-14-15-16-17-18-19-20-21-27-31-46(52)58-40(38-57-59(53,54)56-35-34-47(3,4)5)37-55-45(51)30-26-23-22-25-29-41-42(44(50)36-43(41)49)33-32-39(48)28-24-9-7-2/h12-13,15-16,32-33,39-43,48-49H,6-11,14,17-31,34-38H2,1-5H3/p+1/b13-12-,16-15-,33-32+/t39-,40+,41+,42+,43-/m0/s1. The van der Waals surface area contributed by atoms with Gasteiger partial charge < -0.3 is 29.1 Å². The zero-order valence-electron chi connectivity index (χ0n) is 37.4. The molecule has 0 aromatic rings. The molecule has 0 radical (unpaired) electrons. The Balaban J connectivity index is 2.47. The maximum absolute atomic E-state index is 12.7. The molecular weight excluding hydrogens is 773 g/mol. The van der Waals surface area contributed by atoms with Crippen LogP contribution >= 0.6 is 7.82 Å². The molecule has 3 N–H and O–H groups in total. The monoisotopic (exact) mass is 857 g/mol. The van der Waals surface area contributed by atoms with Crippen molar-refractivity contribution < 1.29 is 57.1 Å². The minimum Gasteiger partial charge on any atom is -0.462 e. The fourth-order valence-corrected chi connectivity index (χ4v) is 7.63. The highest BCUT2D eigenvalue weighted by Crippen LogP contribution is 2.43. The molecule has 0 aromatic heterocycles. The lowest BCUT2D eigenvalue weighted by atomic mass is 9.88. The van der Waals surface area contributed by atoms with E-state index < -0.39 is 44.7 Å². The van der Waals surface area contributed by atoms with E-state index in [-0.39, 0.29) is 50.1 Å². The summed E-state index contributed by atoms with van der Waals surface area (Å²) in [7, 11) is 1.33. The van der Waals surface area contributed by atoms with Gasteiger partial charge >= 0.3 is 19.8 Å². The zero-order chi connectivity index (χ0) is 43.8. The molecule has 0 heterocycles. The third-order valence-corrected chi connectivity index (χ3v) is 11.5. The van der Waals surface area contributed by atoms with Gasteiger partial charge in [-0.25, -0.2) is 4.57 Å². The second-order valence-corrected chi connectivity index (χ2v) is 18.7. The van der Waals surface area contributed by atoms with E-state index in [1.807, 2.05) is 21.1 Å². The average molecular weight is 857 g/mol. The molecule has 0 aromatic carbocycles. The third kappa shape index (κ3) is 30.5. The number of phosphoric ester groups is 1. The van der Waals surface area contributed by atoms with Crippen molar-refractivity contribution in [1.82, 2.24) is 0 Å². The van der Waals surface area contributed by atoms with E-state index in [4.69, 9.17) is 18.5 Å². The lowest BCUT2D eigenvalue weighted by Gasteiger charge is -2.24. The molecule has 6 atom stereocenters. The number of ketones is 1. The number of aliphatic hydroxyl groups excluding tert-OH is 2. The van der Waals surface area contributed by atoms with E-state index in [9.17, 15) is 34.1 Å². The second-order valence-electron chi connectivity index (χ2n) is 17.2. The molecule has 1 saturated carbocycles. The van der Waals surface area contributed by atoms with Crippen LogP contribution in [-0.2, 0) is 37.5 Å². The summed E-state index contributed by atoms with van der Waals surface area (Å²) in [4.78, 5) is 48.1. The maximum Gasteiger partial charge on any atom is 0.472 e. The van der Waals surface area contributed by atoms with E-state index in [1.54, 1.807) is 12.2 Å². The lowest BCUT2D eigenvalue weighted by molar-refractivity contribution is -0.870. The van der Waals surface area contributed by atoms with Crippen molar-refractivity contribution in [2.24, 2.45) is 11.8 Å². The molecule has 0 amide bonds. The van der Waals surface area contributed by atoms with Crippen LogP contribution < -0.4 is 0 Å². The number of Topliss-reactive ketones (excluding diaryl/α,β-unsaturated/α-hetero) is 1. The fraction of sp³-hybridized carbons (Fsp3) is 0.804. The Morgan fingerprint density at radius 2 is 1.39 bits per heavy atom. The Kier molecular flexibility index (Phi) is 31.1. The first kappa shape index (κ1) is 54.8. The summed E-state index contributed by atoms with van der Waals surface area (Å²) in [6.07, 6.45) is 29.5. The molecule has 1 fully saturated rings. The fourth-order valence-electron chi connectivity index (χ4n) is 6.89. The van der Waals surface area contributed by atoms with Gasteiger partial charge in [-0.1, -0.05) is 121 Å². The number of quaternary nitrogens is 1. The summed E-state index contributed by atoms with van der Waals surface area (Å²) in [5.74, 6) is -1.53. The molecule has 0 bridgehead atoms.